The van der Waals surface area contributed by atoms with E-state index < -0.39 is 29.9 Å². The number of H-pyrrole nitrogens is 1. The number of rotatable bonds is 8. The molecule has 0 saturated heterocycles. The van der Waals surface area contributed by atoms with E-state index in [1.54, 1.807) is 6.20 Å². The quantitative estimate of drug-likeness (QED) is 0.518. The highest BCUT2D eigenvalue weighted by atomic mass is 16.5. The van der Waals surface area contributed by atoms with Gasteiger partial charge in [0.15, 0.2) is 0 Å². The van der Waals surface area contributed by atoms with Crippen LogP contribution in [-0.2, 0) is 30.3 Å². The monoisotopic (exact) mass is 312 g/mol. The molecule has 0 radical (unpaired) electrons. The van der Waals surface area contributed by atoms with E-state index in [-0.39, 0.29) is 19.3 Å². The van der Waals surface area contributed by atoms with E-state index in [4.69, 9.17) is 5.73 Å². The number of carbonyl (C=O) groups is 3. The lowest BCUT2D eigenvalue weighted by Gasteiger charge is -2.18. The number of amides is 1. The molecule has 0 aromatic carbocycles. The van der Waals surface area contributed by atoms with Crippen molar-refractivity contribution in [2.75, 3.05) is 14.2 Å². The third-order valence-corrected chi connectivity index (χ3v) is 3.00. The Balaban J connectivity index is 2.57. The molecule has 122 valence electrons. The number of methoxy groups -OCH3 is 2. The fourth-order valence-corrected chi connectivity index (χ4v) is 1.76. The van der Waals surface area contributed by atoms with Gasteiger partial charge in [-0.15, -0.1) is 0 Å². The maximum Gasteiger partial charge on any atom is 0.328 e. The highest BCUT2D eigenvalue weighted by Gasteiger charge is 2.25. The van der Waals surface area contributed by atoms with Crippen LogP contribution in [0.5, 0.6) is 0 Å². The van der Waals surface area contributed by atoms with Crippen molar-refractivity contribution in [1.29, 1.82) is 0 Å². The van der Waals surface area contributed by atoms with Crippen molar-refractivity contribution < 1.29 is 23.9 Å². The molecule has 2 atom stereocenters. The van der Waals surface area contributed by atoms with Crippen molar-refractivity contribution in [2.24, 2.45) is 5.73 Å². The number of nitrogens with zero attached hydrogens (tertiary/aromatic N) is 1. The first-order valence-electron chi connectivity index (χ1n) is 6.65. The van der Waals surface area contributed by atoms with Crippen molar-refractivity contribution in [3.8, 4) is 0 Å². The van der Waals surface area contributed by atoms with Gasteiger partial charge in [-0.2, -0.15) is 0 Å². The summed E-state index contributed by atoms with van der Waals surface area (Å²) in [4.78, 5) is 41.5. The predicted molar refractivity (Wildman–Crippen MR) is 75.5 cm³/mol. The summed E-state index contributed by atoms with van der Waals surface area (Å²) in [6.45, 7) is 0. The minimum absolute atomic E-state index is 0.0215. The Hall–Kier alpha value is -2.42. The Labute approximate surface area is 127 Å². The van der Waals surface area contributed by atoms with Crippen LogP contribution < -0.4 is 11.1 Å². The molecule has 0 bridgehead atoms. The number of imidazole rings is 1. The zero-order valence-electron chi connectivity index (χ0n) is 12.5. The number of hydrogen-bond donors (Lipinski definition) is 3. The summed E-state index contributed by atoms with van der Waals surface area (Å²) in [5.74, 6) is -1.65. The summed E-state index contributed by atoms with van der Waals surface area (Å²) in [6, 6.07) is -1.81. The average Bonchev–Trinajstić information content (AvgIpc) is 3.02. The Morgan fingerprint density at radius 1 is 1.36 bits per heavy atom. The Morgan fingerprint density at radius 3 is 2.64 bits per heavy atom. The van der Waals surface area contributed by atoms with E-state index >= 15 is 0 Å². The van der Waals surface area contributed by atoms with Gasteiger partial charge in [0.1, 0.15) is 6.04 Å². The summed E-state index contributed by atoms with van der Waals surface area (Å²) in [6.07, 6.45) is 3.33. The zero-order valence-corrected chi connectivity index (χ0v) is 12.5. The number of aromatic amines is 1. The highest BCUT2D eigenvalue weighted by molar-refractivity contribution is 5.87. The van der Waals surface area contributed by atoms with Gasteiger partial charge in [0.25, 0.3) is 0 Å². The maximum atomic E-state index is 12.0. The molecule has 1 heterocycles. The van der Waals surface area contributed by atoms with E-state index in [0.717, 1.165) is 0 Å². The standard InChI is InChI=1S/C13H20N4O5/c1-21-11(18)4-3-10(13(20)22-2)17-12(19)9(14)5-8-6-15-7-16-8/h6-7,9-10H,3-5,14H2,1-2H3,(H,15,16)(H,17,19). The molecule has 9 nitrogen and oxygen atoms in total. The molecule has 0 aliphatic carbocycles. The molecule has 0 aliphatic rings. The fourth-order valence-electron chi connectivity index (χ4n) is 1.76. The minimum Gasteiger partial charge on any atom is -0.469 e. The van der Waals surface area contributed by atoms with Crippen LogP contribution in [-0.4, -0.2) is 54.1 Å². The summed E-state index contributed by atoms with van der Waals surface area (Å²) >= 11 is 0. The first-order chi connectivity index (χ1) is 10.5. The first kappa shape index (κ1) is 17.6. The first-order valence-corrected chi connectivity index (χ1v) is 6.65. The molecule has 4 N–H and O–H groups in total. The SMILES string of the molecule is COC(=O)CCC(NC(=O)C(N)Cc1cnc[nH]1)C(=O)OC. The fraction of sp³-hybridized carbons (Fsp3) is 0.538. The van der Waals surface area contributed by atoms with Crippen molar-refractivity contribution in [3.05, 3.63) is 18.2 Å². The number of aromatic nitrogens is 2. The number of hydrogen-bond acceptors (Lipinski definition) is 7. The third-order valence-electron chi connectivity index (χ3n) is 3.00. The second-order valence-electron chi connectivity index (χ2n) is 4.59. The van der Waals surface area contributed by atoms with Gasteiger partial charge >= 0.3 is 11.9 Å². The van der Waals surface area contributed by atoms with Crippen molar-refractivity contribution >= 4 is 17.8 Å². The molecule has 0 fully saturated rings. The van der Waals surface area contributed by atoms with Crippen LogP contribution in [0, 0.1) is 0 Å². The Bertz CT molecular complexity index is 503. The van der Waals surface area contributed by atoms with Gasteiger partial charge in [0, 0.05) is 24.7 Å². The molecule has 2 unspecified atom stereocenters. The predicted octanol–water partition coefficient (Wildman–Crippen LogP) is -1.11. The van der Waals surface area contributed by atoms with Gasteiger partial charge < -0.3 is 25.5 Å². The molecule has 9 heteroatoms. The van der Waals surface area contributed by atoms with Gasteiger partial charge in [-0.05, 0) is 6.42 Å². The van der Waals surface area contributed by atoms with E-state index in [2.05, 4.69) is 24.8 Å². The number of ether oxygens (including phenoxy) is 2. The van der Waals surface area contributed by atoms with E-state index in [1.807, 2.05) is 0 Å². The van der Waals surface area contributed by atoms with Crippen LogP contribution in [0.15, 0.2) is 12.5 Å². The average molecular weight is 312 g/mol. The third kappa shape index (κ3) is 5.52. The van der Waals surface area contributed by atoms with Gasteiger partial charge in [-0.1, -0.05) is 0 Å². The molecule has 22 heavy (non-hydrogen) atoms. The van der Waals surface area contributed by atoms with E-state index in [0.29, 0.717) is 5.69 Å². The van der Waals surface area contributed by atoms with Crippen LogP contribution in [0.2, 0.25) is 0 Å². The van der Waals surface area contributed by atoms with Gasteiger partial charge in [0.2, 0.25) is 5.91 Å². The molecule has 1 amide bonds. The molecule has 1 aromatic heterocycles. The van der Waals surface area contributed by atoms with Crippen molar-refractivity contribution in [2.45, 2.75) is 31.3 Å². The largest absolute Gasteiger partial charge is 0.469 e. The van der Waals surface area contributed by atoms with Crippen molar-refractivity contribution in [3.63, 3.8) is 0 Å². The van der Waals surface area contributed by atoms with E-state index in [9.17, 15) is 14.4 Å². The Morgan fingerprint density at radius 2 is 2.09 bits per heavy atom. The zero-order chi connectivity index (χ0) is 16.5. The molecule has 0 aliphatic heterocycles. The maximum absolute atomic E-state index is 12.0. The van der Waals surface area contributed by atoms with Crippen LogP contribution in [0.1, 0.15) is 18.5 Å². The number of carbonyl (C=O) groups excluding carboxylic acids is 3. The van der Waals surface area contributed by atoms with Crippen LogP contribution in [0.3, 0.4) is 0 Å². The molecule has 0 saturated carbocycles. The van der Waals surface area contributed by atoms with Crippen molar-refractivity contribution in [1.82, 2.24) is 15.3 Å². The lowest BCUT2D eigenvalue weighted by molar-refractivity contribution is -0.146. The summed E-state index contributed by atoms with van der Waals surface area (Å²) in [5, 5.41) is 2.48. The minimum atomic E-state index is -0.954. The second kappa shape index (κ2) is 8.78. The van der Waals surface area contributed by atoms with Crippen LogP contribution in [0.25, 0.3) is 0 Å². The number of nitrogens with two attached hydrogens (primary N) is 1. The molecule has 1 rings (SSSR count). The van der Waals surface area contributed by atoms with Crippen LogP contribution in [0.4, 0.5) is 0 Å². The van der Waals surface area contributed by atoms with E-state index in [1.165, 1.54) is 20.5 Å². The lowest BCUT2D eigenvalue weighted by atomic mass is 10.1. The second-order valence-corrected chi connectivity index (χ2v) is 4.59. The smallest absolute Gasteiger partial charge is 0.328 e. The summed E-state index contributed by atoms with van der Waals surface area (Å²) in [7, 11) is 2.44. The molecule has 0 spiro atoms. The lowest BCUT2D eigenvalue weighted by Crippen LogP contribution is -2.49. The number of nitrogens with one attached hydrogen (secondary N) is 2. The van der Waals surface area contributed by atoms with Gasteiger partial charge in [-0.3, -0.25) is 9.59 Å². The van der Waals surface area contributed by atoms with Gasteiger partial charge in [0.05, 0.1) is 26.6 Å². The molecule has 1 aromatic rings. The Kier molecular flexibility index (Phi) is 7.03. The normalized spacial score (nSPS) is 13.0. The highest BCUT2D eigenvalue weighted by Crippen LogP contribution is 2.03. The topological polar surface area (TPSA) is 136 Å². The molecular formula is C13H20N4O5. The van der Waals surface area contributed by atoms with Gasteiger partial charge in [-0.25, -0.2) is 9.78 Å². The summed E-state index contributed by atoms with van der Waals surface area (Å²) in [5.41, 5.74) is 6.48. The number of esters is 2. The van der Waals surface area contributed by atoms with Crippen LogP contribution >= 0.6 is 0 Å². The molecular weight excluding hydrogens is 292 g/mol. The summed E-state index contributed by atoms with van der Waals surface area (Å²) < 4.78 is 9.10.